The van der Waals surface area contributed by atoms with E-state index in [1.54, 1.807) is 11.1 Å². The maximum atomic E-state index is 12.2. The van der Waals surface area contributed by atoms with Gasteiger partial charge >= 0.3 is 6.09 Å². The quantitative estimate of drug-likeness (QED) is 0.799. The van der Waals surface area contributed by atoms with Gasteiger partial charge in [-0.05, 0) is 23.8 Å². The van der Waals surface area contributed by atoms with Crippen LogP contribution in [-0.2, 0) is 19.7 Å². The minimum atomic E-state index is -0.495. The minimum Gasteiger partial charge on any atom is -0.442 e. The van der Waals surface area contributed by atoms with Crippen molar-refractivity contribution in [3.63, 3.8) is 0 Å². The third-order valence-corrected chi connectivity index (χ3v) is 6.48. The van der Waals surface area contributed by atoms with E-state index in [1.807, 2.05) is 36.4 Å². The average molecular weight is 418 g/mol. The molecule has 8 heteroatoms. The van der Waals surface area contributed by atoms with E-state index >= 15 is 0 Å². The van der Waals surface area contributed by atoms with Crippen molar-refractivity contribution in [1.29, 1.82) is 5.26 Å². The Balaban J connectivity index is 1.28. The third kappa shape index (κ3) is 3.22. The van der Waals surface area contributed by atoms with Crippen molar-refractivity contribution in [3.8, 4) is 17.2 Å². The van der Waals surface area contributed by atoms with Crippen LogP contribution in [0.1, 0.15) is 12.6 Å². The van der Waals surface area contributed by atoms with Crippen molar-refractivity contribution in [2.24, 2.45) is 11.8 Å². The van der Waals surface area contributed by atoms with Gasteiger partial charge in [-0.25, -0.2) is 4.79 Å². The van der Waals surface area contributed by atoms with Gasteiger partial charge in [0.15, 0.2) is 0 Å². The number of benzene rings is 1. The number of ether oxygens (including phenoxy) is 2. The molecular weight excluding hydrogens is 396 g/mol. The van der Waals surface area contributed by atoms with Crippen LogP contribution in [0.5, 0.6) is 0 Å². The highest BCUT2D eigenvalue weighted by atomic mass is 16.6. The van der Waals surface area contributed by atoms with Gasteiger partial charge in [0.25, 0.3) is 0 Å². The summed E-state index contributed by atoms with van der Waals surface area (Å²) in [6.45, 7) is 3.38. The van der Waals surface area contributed by atoms with Crippen LogP contribution in [-0.4, -0.2) is 49.4 Å². The Bertz CT molecular complexity index is 1050. The number of fused-ring (bicyclic) bond motifs is 1. The maximum Gasteiger partial charge on any atom is 0.414 e. The first kappa shape index (κ1) is 19.5. The number of aromatic nitrogens is 1. The lowest BCUT2D eigenvalue weighted by Crippen LogP contribution is -2.33. The highest BCUT2D eigenvalue weighted by molar-refractivity contribution is 5.90. The van der Waals surface area contributed by atoms with Gasteiger partial charge in [-0.15, -0.1) is 0 Å². The highest BCUT2D eigenvalue weighted by Crippen LogP contribution is 2.62. The number of anilines is 1. The lowest BCUT2D eigenvalue weighted by Gasteiger charge is -2.14. The van der Waals surface area contributed by atoms with Crippen LogP contribution in [0.25, 0.3) is 11.1 Å². The molecule has 8 nitrogen and oxygen atoms in total. The lowest BCUT2D eigenvalue weighted by molar-refractivity contribution is -0.119. The van der Waals surface area contributed by atoms with E-state index in [4.69, 9.17) is 9.47 Å². The Labute approximate surface area is 179 Å². The maximum absolute atomic E-state index is 12.2. The number of nitrogens with one attached hydrogen (secondary N) is 1. The summed E-state index contributed by atoms with van der Waals surface area (Å²) in [5.41, 5.74) is 2.97. The molecule has 0 spiro atoms. The highest BCUT2D eigenvalue weighted by Gasteiger charge is 2.70. The molecule has 158 valence electrons. The van der Waals surface area contributed by atoms with E-state index in [0.29, 0.717) is 26.3 Å². The number of rotatable bonds is 5. The lowest BCUT2D eigenvalue weighted by atomic mass is 9.96. The van der Waals surface area contributed by atoms with Crippen LogP contribution in [0, 0.1) is 23.2 Å². The predicted octanol–water partition coefficient (Wildman–Crippen LogP) is 2.25. The number of cyclic esters (lactones) is 1. The predicted molar refractivity (Wildman–Crippen MR) is 111 cm³/mol. The van der Waals surface area contributed by atoms with Crippen molar-refractivity contribution in [1.82, 2.24) is 10.3 Å². The molecule has 0 radical (unpaired) electrons. The fourth-order valence-corrected chi connectivity index (χ4v) is 4.70. The Morgan fingerprint density at radius 1 is 1.23 bits per heavy atom. The molecule has 3 atom stereocenters. The number of hydrogen-bond donors (Lipinski definition) is 1. The zero-order valence-corrected chi connectivity index (χ0v) is 17.1. The fourth-order valence-electron chi connectivity index (χ4n) is 4.70. The largest absolute Gasteiger partial charge is 0.442 e. The van der Waals surface area contributed by atoms with Gasteiger partial charge in [0.05, 0.1) is 38.1 Å². The first-order valence-electron chi connectivity index (χ1n) is 10.3. The Morgan fingerprint density at radius 3 is 2.55 bits per heavy atom. The van der Waals surface area contributed by atoms with Gasteiger partial charge in [-0.1, -0.05) is 18.2 Å². The summed E-state index contributed by atoms with van der Waals surface area (Å²) >= 11 is 0. The zero-order valence-electron chi connectivity index (χ0n) is 17.1. The molecule has 3 fully saturated rings. The van der Waals surface area contributed by atoms with E-state index in [2.05, 4.69) is 16.4 Å². The van der Waals surface area contributed by atoms with Crippen molar-refractivity contribution in [2.45, 2.75) is 18.4 Å². The second-order valence-electron chi connectivity index (χ2n) is 8.26. The molecule has 1 aromatic heterocycles. The summed E-state index contributed by atoms with van der Waals surface area (Å²) in [6, 6.07) is 14.0. The van der Waals surface area contributed by atoms with E-state index in [1.165, 1.54) is 6.92 Å². The molecule has 5 rings (SSSR count). The van der Waals surface area contributed by atoms with E-state index < -0.39 is 11.5 Å². The number of carbonyl (C=O) groups is 2. The van der Waals surface area contributed by atoms with Gasteiger partial charge < -0.3 is 14.8 Å². The molecule has 3 heterocycles. The Hall–Kier alpha value is -3.44. The second-order valence-corrected chi connectivity index (χ2v) is 8.26. The van der Waals surface area contributed by atoms with Gasteiger partial charge in [0.1, 0.15) is 11.5 Å². The van der Waals surface area contributed by atoms with Gasteiger partial charge in [0.2, 0.25) is 5.91 Å². The number of hydrogen-bond acceptors (Lipinski definition) is 6. The summed E-state index contributed by atoms with van der Waals surface area (Å²) < 4.78 is 10.7. The first-order valence-corrected chi connectivity index (χ1v) is 10.3. The van der Waals surface area contributed by atoms with Crippen LogP contribution >= 0.6 is 0 Å². The molecule has 0 bridgehead atoms. The van der Waals surface area contributed by atoms with Gasteiger partial charge in [-0.2, -0.15) is 5.26 Å². The SMILES string of the molecule is CC(=O)NC[C@H]1CN(c2ccc(-c3ccc(C4(C#N)C5COCC54)nc3)cc2)C(=O)O1. The summed E-state index contributed by atoms with van der Waals surface area (Å²) in [4.78, 5) is 29.4. The Kier molecular flexibility index (Phi) is 4.63. The van der Waals surface area contributed by atoms with Crippen LogP contribution in [0.3, 0.4) is 0 Å². The van der Waals surface area contributed by atoms with Crippen LogP contribution in [0.2, 0.25) is 0 Å². The van der Waals surface area contributed by atoms with E-state index in [9.17, 15) is 14.9 Å². The monoisotopic (exact) mass is 418 g/mol. The second kappa shape index (κ2) is 7.36. The number of amides is 2. The number of carbonyl (C=O) groups excluding carboxylic acids is 2. The van der Waals surface area contributed by atoms with Crippen LogP contribution < -0.4 is 10.2 Å². The number of pyridine rings is 1. The number of nitrogens with zero attached hydrogens (tertiary/aromatic N) is 3. The summed E-state index contributed by atoms with van der Waals surface area (Å²) in [5.74, 6) is 0.354. The zero-order chi connectivity index (χ0) is 21.6. The average Bonchev–Trinajstić information content (AvgIpc) is 3.09. The molecule has 1 saturated carbocycles. The minimum absolute atomic E-state index is 0.155. The van der Waals surface area contributed by atoms with Gasteiger partial charge in [0, 0.05) is 36.2 Å². The van der Waals surface area contributed by atoms with E-state index in [-0.39, 0.29) is 23.8 Å². The molecule has 1 N–H and O–H groups in total. The smallest absolute Gasteiger partial charge is 0.414 e. The van der Waals surface area contributed by atoms with Crippen molar-refractivity contribution >= 4 is 17.7 Å². The topological polar surface area (TPSA) is 105 Å². The summed E-state index contributed by atoms with van der Waals surface area (Å²) in [6.07, 6.45) is 1.01. The normalized spacial score (nSPS) is 28.6. The van der Waals surface area contributed by atoms with Crippen molar-refractivity contribution in [2.75, 3.05) is 31.2 Å². The van der Waals surface area contributed by atoms with Crippen molar-refractivity contribution < 1.29 is 19.1 Å². The van der Waals surface area contributed by atoms with E-state index in [0.717, 1.165) is 22.5 Å². The third-order valence-electron chi connectivity index (χ3n) is 6.48. The molecule has 2 unspecified atom stereocenters. The first-order chi connectivity index (χ1) is 15.0. The molecule has 2 amide bonds. The van der Waals surface area contributed by atoms with Crippen LogP contribution in [0.4, 0.5) is 10.5 Å². The standard InChI is InChI=1S/C23H22N4O4/c1-14(28)25-9-18-10-27(22(29)31-18)17-5-2-15(3-6-17)16-4-7-21(26-8-16)23(13-24)19-11-30-12-20(19)23/h2-8,18-20H,9-12H2,1H3,(H,25,28)/t18-,19?,20?,23?/m0/s1. The molecule has 2 saturated heterocycles. The molecule has 3 aliphatic rings. The van der Waals surface area contributed by atoms with Crippen LogP contribution in [0.15, 0.2) is 42.6 Å². The molecule has 31 heavy (non-hydrogen) atoms. The van der Waals surface area contributed by atoms with Gasteiger partial charge in [-0.3, -0.25) is 14.7 Å². The summed E-state index contributed by atoms with van der Waals surface area (Å²) in [7, 11) is 0. The summed E-state index contributed by atoms with van der Waals surface area (Å²) in [5, 5.41) is 12.4. The molecule has 1 aromatic carbocycles. The van der Waals surface area contributed by atoms with Crippen molar-refractivity contribution in [3.05, 3.63) is 48.3 Å². The molecular formula is C23H22N4O4. The molecule has 1 aliphatic carbocycles. The Morgan fingerprint density at radius 2 is 1.94 bits per heavy atom. The molecule has 2 aliphatic heterocycles. The number of nitriles is 1. The fraction of sp³-hybridized carbons (Fsp3) is 0.391. The molecule has 2 aromatic rings.